The molecule has 2 rings (SSSR count). The van der Waals surface area contributed by atoms with Crippen molar-refractivity contribution in [2.45, 2.75) is 6.54 Å². The Morgan fingerprint density at radius 1 is 1.29 bits per heavy atom. The summed E-state index contributed by atoms with van der Waals surface area (Å²) in [5, 5.41) is 9.06. The highest BCUT2D eigenvalue weighted by atomic mass is 15.2. The van der Waals surface area contributed by atoms with E-state index in [1.807, 2.05) is 6.07 Å². The van der Waals surface area contributed by atoms with Crippen LogP contribution in [0.1, 0.15) is 11.1 Å². The molecular weight excluding hydrogens is 212 g/mol. The van der Waals surface area contributed by atoms with Crippen LogP contribution in [0.5, 0.6) is 0 Å². The monoisotopic (exact) mass is 230 g/mol. The Bertz CT molecular complexity index is 428. The number of benzene rings is 1. The molecule has 1 fully saturated rings. The zero-order chi connectivity index (χ0) is 12.3. The number of nitrogens with zero attached hydrogens (tertiary/aromatic N) is 3. The predicted molar refractivity (Wildman–Crippen MR) is 68.3 cm³/mol. The van der Waals surface area contributed by atoms with Crippen molar-refractivity contribution in [3.05, 3.63) is 29.3 Å². The molecule has 1 aromatic carbocycles. The zero-order valence-corrected chi connectivity index (χ0v) is 10.2. The first-order chi connectivity index (χ1) is 8.19. The van der Waals surface area contributed by atoms with Crippen LogP contribution in [0.2, 0.25) is 0 Å². The first-order valence-corrected chi connectivity index (χ1v) is 5.88. The maximum atomic E-state index is 9.06. The van der Waals surface area contributed by atoms with E-state index in [4.69, 9.17) is 11.0 Å². The zero-order valence-electron chi connectivity index (χ0n) is 10.2. The van der Waals surface area contributed by atoms with E-state index in [1.165, 1.54) is 0 Å². The lowest BCUT2D eigenvalue weighted by molar-refractivity contribution is 0.148. The number of piperazine rings is 1. The van der Waals surface area contributed by atoms with Crippen molar-refractivity contribution in [3.8, 4) is 6.07 Å². The number of nitrogen functional groups attached to an aromatic ring is 1. The minimum Gasteiger partial charge on any atom is -0.399 e. The molecule has 0 unspecified atom stereocenters. The minimum absolute atomic E-state index is 0.730. The molecule has 0 aromatic heterocycles. The van der Waals surface area contributed by atoms with Crippen LogP contribution in [0.15, 0.2) is 18.2 Å². The largest absolute Gasteiger partial charge is 0.399 e. The summed E-state index contributed by atoms with van der Waals surface area (Å²) in [4.78, 5) is 4.69. The summed E-state index contributed by atoms with van der Waals surface area (Å²) in [6.07, 6.45) is 0. The lowest BCUT2D eigenvalue weighted by atomic mass is 10.1. The molecular formula is C13H18N4. The summed E-state index contributed by atoms with van der Waals surface area (Å²) in [5.41, 5.74) is 8.28. The van der Waals surface area contributed by atoms with Crippen molar-refractivity contribution < 1.29 is 0 Å². The average molecular weight is 230 g/mol. The van der Waals surface area contributed by atoms with Gasteiger partial charge < -0.3 is 10.6 Å². The number of hydrogen-bond acceptors (Lipinski definition) is 4. The number of anilines is 1. The van der Waals surface area contributed by atoms with Gasteiger partial charge in [0.25, 0.3) is 0 Å². The topological polar surface area (TPSA) is 56.3 Å². The van der Waals surface area contributed by atoms with Gasteiger partial charge in [0.2, 0.25) is 0 Å². The van der Waals surface area contributed by atoms with Crippen molar-refractivity contribution in [2.24, 2.45) is 0 Å². The van der Waals surface area contributed by atoms with Gasteiger partial charge in [-0.1, -0.05) is 0 Å². The fraction of sp³-hybridized carbons (Fsp3) is 0.462. The Morgan fingerprint density at radius 3 is 2.65 bits per heavy atom. The molecule has 17 heavy (non-hydrogen) atoms. The summed E-state index contributed by atoms with van der Waals surface area (Å²) in [6.45, 7) is 5.10. The average Bonchev–Trinajstić information content (AvgIpc) is 2.32. The van der Waals surface area contributed by atoms with Crippen LogP contribution in [0.3, 0.4) is 0 Å². The molecule has 4 heteroatoms. The van der Waals surface area contributed by atoms with Crippen LogP contribution in [0.25, 0.3) is 0 Å². The molecule has 0 amide bonds. The molecule has 1 heterocycles. The quantitative estimate of drug-likeness (QED) is 0.767. The second-order valence-corrected chi connectivity index (χ2v) is 4.61. The molecule has 2 N–H and O–H groups in total. The van der Waals surface area contributed by atoms with E-state index in [2.05, 4.69) is 22.9 Å². The van der Waals surface area contributed by atoms with Gasteiger partial charge >= 0.3 is 0 Å². The molecule has 4 nitrogen and oxygen atoms in total. The van der Waals surface area contributed by atoms with Gasteiger partial charge in [-0.15, -0.1) is 0 Å². The Balaban J connectivity index is 2.08. The smallest absolute Gasteiger partial charge is 0.0995 e. The van der Waals surface area contributed by atoms with Gasteiger partial charge in [0.15, 0.2) is 0 Å². The lowest BCUT2D eigenvalue weighted by Gasteiger charge is -2.32. The van der Waals surface area contributed by atoms with Crippen LogP contribution < -0.4 is 5.73 Å². The van der Waals surface area contributed by atoms with Crippen LogP contribution in [0.4, 0.5) is 5.69 Å². The summed E-state index contributed by atoms with van der Waals surface area (Å²) >= 11 is 0. The van der Waals surface area contributed by atoms with Gasteiger partial charge in [0.05, 0.1) is 11.6 Å². The van der Waals surface area contributed by atoms with Gasteiger partial charge in [0.1, 0.15) is 0 Å². The predicted octanol–water partition coefficient (Wildman–Crippen LogP) is 0.888. The van der Waals surface area contributed by atoms with Crippen LogP contribution in [-0.2, 0) is 6.54 Å². The van der Waals surface area contributed by atoms with E-state index >= 15 is 0 Å². The molecule has 1 aliphatic rings. The standard InChI is InChI=1S/C13H18N4/c1-16-4-6-17(7-5-16)10-12-8-13(15)3-2-11(12)9-14/h2-3,8H,4-7,10,15H2,1H3. The van der Waals surface area contributed by atoms with Crippen molar-refractivity contribution >= 4 is 5.69 Å². The van der Waals surface area contributed by atoms with Gasteiger partial charge in [-0.05, 0) is 30.8 Å². The van der Waals surface area contributed by atoms with Gasteiger partial charge in [0, 0.05) is 38.4 Å². The summed E-state index contributed by atoms with van der Waals surface area (Å²) < 4.78 is 0. The minimum atomic E-state index is 0.730. The molecule has 0 spiro atoms. The van der Waals surface area contributed by atoms with E-state index in [-0.39, 0.29) is 0 Å². The number of likely N-dealkylation sites (N-methyl/N-ethyl adjacent to an activating group) is 1. The lowest BCUT2D eigenvalue weighted by Crippen LogP contribution is -2.43. The van der Waals surface area contributed by atoms with Crippen molar-refractivity contribution in [3.63, 3.8) is 0 Å². The van der Waals surface area contributed by atoms with Gasteiger partial charge in [-0.3, -0.25) is 4.90 Å². The Morgan fingerprint density at radius 2 is 2.00 bits per heavy atom. The summed E-state index contributed by atoms with van der Waals surface area (Å²) in [5.74, 6) is 0. The van der Waals surface area contributed by atoms with Gasteiger partial charge in [-0.2, -0.15) is 5.26 Å². The van der Waals surface area contributed by atoms with E-state index in [0.29, 0.717) is 0 Å². The first-order valence-electron chi connectivity index (χ1n) is 5.88. The fourth-order valence-electron chi connectivity index (χ4n) is 2.10. The normalized spacial score (nSPS) is 17.9. The van der Waals surface area contributed by atoms with E-state index in [1.54, 1.807) is 12.1 Å². The highest BCUT2D eigenvalue weighted by Gasteiger charge is 2.15. The SMILES string of the molecule is CN1CCN(Cc2cc(N)ccc2C#N)CC1. The first kappa shape index (κ1) is 11.9. The number of nitrogens with two attached hydrogens (primary N) is 1. The van der Waals surface area contributed by atoms with Crippen molar-refractivity contribution in [1.29, 1.82) is 5.26 Å². The third-order valence-corrected chi connectivity index (χ3v) is 3.24. The number of hydrogen-bond donors (Lipinski definition) is 1. The van der Waals surface area contributed by atoms with Crippen molar-refractivity contribution in [2.75, 3.05) is 39.0 Å². The number of nitriles is 1. The third-order valence-electron chi connectivity index (χ3n) is 3.24. The second-order valence-electron chi connectivity index (χ2n) is 4.61. The molecule has 1 aromatic rings. The third kappa shape index (κ3) is 2.96. The maximum absolute atomic E-state index is 9.06. The highest BCUT2D eigenvalue weighted by molar-refractivity contribution is 5.49. The van der Waals surface area contributed by atoms with Crippen molar-refractivity contribution in [1.82, 2.24) is 9.80 Å². The van der Waals surface area contributed by atoms with Crippen LogP contribution in [-0.4, -0.2) is 43.0 Å². The van der Waals surface area contributed by atoms with E-state index in [0.717, 1.165) is 49.5 Å². The molecule has 0 aliphatic carbocycles. The second kappa shape index (κ2) is 5.17. The Kier molecular flexibility index (Phi) is 3.62. The molecule has 0 atom stereocenters. The Labute approximate surface area is 102 Å². The highest BCUT2D eigenvalue weighted by Crippen LogP contribution is 2.16. The molecule has 0 saturated carbocycles. The number of rotatable bonds is 2. The summed E-state index contributed by atoms with van der Waals surface area (Å²) in [7, 11) is 2.14. The van der Waals surface area contributed by atoms with Gasteiger partial charge in [-0.25, -0.2) is 0 Å². The molecule has 0 radical (unpaired) electrons. The molecule has 90 valence electrons. The fourth-order valence-corrected chi connectivity index (χ4v) is 2.10. The van der Waals surface area contributed by atoms with Crippen LogP contribution in [0, 0.1) is 11.3 Å². The van der Waals surface area contributed by atoms with E-state index in [9.17, 15) is 0 Å². The summed E-state index contributed by atoms with van der Waals surface area (Å²) in [6, 6.07) is 7.73. The van der Waals surface area contributed by atoms with E-state index < -0.39 is 0 Å². The Hall–Kier alpha value is -1.57. The molecule has 0 bridgehead atoms. The maximum Gasteiger partial charge on any atom is 0.0995 e. The molecule has 1 saturated heterocycles. The molecule has 1 aliphatic heterocycles. The van der Waals surface area contributed by atoms with Crippen LogP contribution >= 0.6 is 0 Å².